The monoisotopic (exact) mass is 163 g/mol. The molecule has 0 radical (unpaired) electrons. The summed E-state index contributed by atoms with van der Waals surface area (Å²) in [5, 5.41) is 25.3. The largest absolute Gasteiger partial charge is 0.481 e. The summed E-state index contributed by atoms with van der Waals surface area (Å²) in [6.45, 7) is -0.386. The molecule has 0 aromatic carbocycles. The Morgan fingerprint density at radius 3 is 1.73 bits per heavy atom. The number of hydrogen-bond donors (Lipinski definition) is 4. The third-order valence-corrected chi connectivity index (χ3v) is 1.16. The Hall–Kier alpha value is -1.14. The second-order valence-electron chi connectivity index (χ2n) is 1.96. The average Bonchev–Trinajstić information content (AvgIpc) is 1.85. The number of rotatable bonds is 4. The van der Waals surface area contributed by atoms with Gasteiger partial charge in [0.05, 0.1) is 6.10 Å². The second kappa shape index (κ2) is 3.89. The summed E-state index contributed by atoms with van der Waals surface area (Å²) >= 11 is 0. The maximum Gasteiger partial charge on any atom is 0.320 e. The Bertz CT molecular complexity index is 154. The number of carboxylic acids is 2. The van der Waals surface area contributed by atoms with Crippen LogP contribution in [-0.2, 0) is 9.59 Å². The number of aliphatic hydroxyl groups is 1. The molecule has 0 saturated heterocycles. The molecule has 6 heteroatoms. The maximum atomic E-state index is 10.1. The second-order valence-corrected chi connectivity index (χ2v) is 1.96. The SMILES string of the molecule is NCC(O)C(C(=O)O)C(=O)O. The van der Waals surface area contributed by atoms with E-state index in [0.717, 1.165) is 0 Å². The molecular weight excluding hydrogens is 154 g/mol. The molecule has 0 aliphatic heterocycles. The van der Waals surface area contributed by atoms with E-state index in [-0.39, 0.29) is 6.54 Å². The van der Waals surface area contributed by atoms with Gasteiger partial charge in [-0.3, -0.25) is 9.59 Å². The Morgan fingerprint density at radius 2 is 1.64 bits per heavy atom. The lowest BCUT2D eigenvalue weighted by molar-refractivity contribution is -0.159. The zero-order valence-corrected chi connectivity index (χ0v) is 5.60. The van der Waals surface area contributed by atoms with E-state index in [2.05, 4.69) is 0 Å². The van der Waals surface area contributed by atoms with Crippen LogP contribution in [0.25, 0.3) is 0 Å². The highest BCUT2D eigenvalue weighted by atomic mass is 16.4. The highest BCUT2D eigenvalue weighted by Gasteiger charge is 2.32. The van der Waals surface area contributed by atoms with Gasteiger partial charge >= 0.3 is 11.9 Å². The Kier molecular flexibility index (Phi) is 3.49. The lowest BCUT2D eigenvalue weighted by atomic mass is 10.0. The molecular formula is C5H9NO5. The standard InChI is InChI=1S/C5H9NO5/c6-1-2(7)3(4(8)9)5(10)11/h2-3,7H,1,6H2,(H,8,9)(H,10,11). The van der Waals surface area contributed by atoms with Gasteiger partial charge in [-0.25, -0.2) is 0 Å². The molecule has 0 saturated carbocycles. The number of aliphatic hydroxyl groups excluding tert-OH is 1. The van der Waals surface area contributed by atoms with Crippen molar-refractivity contribution in [3.63, 3.8) is 0 Å². The van der Waals surface area contributed by atoms with Gasteiger partial charge in [-0.2, -0.15) is 0 Å². The molecule has 1 atom stereocenters. The molecule has 0 aliphatic carbocycles. The zero-order valence-electron chi connectivity index (χ0n) is 5.60. The average molecular weight is 163 g/mol. The zero-order chi connectivity index (χ0) is 9.02. The van der Waals surface area contributed by atoms with Crippen molar-refractivity contribution in [3.05, 3.63) is 0 Å². The van der Waals surface area contributed by atoms with Gasteiger partial charge in [0.15, 0.2) is 5.92 Å². The van der Waals surface area contributed by atoms with Gasteiger partial charge in [-0.15, -0.1) is 0 Å². The van der Waals surface area contributed by atoms with Crippen molar-refractivity contribution >= 4 is 11.9 Å². The summed E-state index contributed by atoms with van der Waals surface area (Å²) in [6.07, 6.45) is -1.54. The van der Waals surface area contributed by atoms with Crippen molar-refractivity contribution in [2.75, 3.05) is 6.54 Å². The number of carbonyl (C=O) groups is 2. The van der Waals surface area contributed by atoms with Gasteiger partial charge in [0.1, 0.15) is 0 Å². The lowest BCUT2D eigenvalue weighted by Gasteiger charge is -2.11. The number of hydrogen-bond acceptors (Lipinski definition) is 4. The van der Waals surface area contributed by atoms with Crippen LogP contribution in [0, 0.1) is 5.92 Å². The molecule has 0 aromatic rings. The first kappa shape index (κ1) is 9.86. The fraction of sp³-hybridized carbons (Fsp3) is 0.600. The van der Waals surface area contributed by atoms with Gasteiger partial charge in [0.25, 0.3) is 0 Å². The summed E-state index contributed by atoms with van der Waals surface area (Å²) in [7, 11) is 0. The first-order valence-corrected chi connectivity index (χ1v) is 2.84. The highest BCUT2D eigenvalue weighted by molar-refractivity contribution is 5.93. The van der Waals surface area contributed by atoms with E-state index in [1.165, 1.54) is 0 Å². The van der Waals surface area contributed by atoms with E-state index in [1.54, 1.807) is 0 Å². The fourth-order valence-corrected chi connectivity index (χ4v) is 0.571. The normalized spacial score (nSPS) is 13.0. The molecule has 64 valence electrons. The van der Waals surface area contributed by atoms with Crippen LogP contribution in [0.2, 0.25) is 0 Å². The minimum atomic E-state index is -1.83. The van der Waals surface area contributed by atoms with Crippen molar-refractivity contribution in [2.45, 2.75) is 6.10 Å². The fourth-order valence-electron chi connectivity index (χ4n) is 0.571. The van der Waals surface area contributed by atoms with Gasteiger partial charge in [-0.05, 0) is 0 Å². The van der Waals surface area contributed by atoms with Crippen molar-refractivity contribution in [1.82, 2.24) is 0 Å². The van der Waals surface area contributed by atoms with Crippen LogP contribution in [0.15, 0.2) is 0 Å². The summed E-state index contributed by atoms with van der Waals surface area (Å²) in [5.41, 5.74) is 4.87. The van der Waals surface area contributed by atoms with E-state index in [1.807, 2.05) is 0 Å². The van der Waals surface area contributed by atoms with Gasteiger partial charge in [0.2, 0.25) is 0 Å². The van der Waals surface area contributed by atoms with Crippen molar-refractivity contribution in [3.8, 4) is 0 Å². The highest BCUT2D eigenvalue weighted by Crippen LogP contribution is 2.02. The van der Waals surface area contributed by atoms with E-state index in [0.29, 0.717) is 0 Å². The van der Waals surface area contributed by atoms with Crippen LogP contribution < -0.4 is 5.73 Å². The topological polar surface area (TPSA) is 121 Å². The minimum absolute atomic E-state index is 0.386. The van der Waals surface area contributed by atoms with Crippen LogP contribution in [0.3, 0.4) is 0 Å². The van der Waals surface area contributed by atoms with Crippen molar-refractivity contribution in [1.29, 1.82) is 0 Å². The van der Waals surface area contributed by atoms with Gasteiger partial charge in [0, 0.05) is 6.54 Å². The molecule has 6 nitrogen and oxygen atoms in total. The molecule has 0 aromatic heterocycles. The molecule has 0 aliphatic rings. The van der Waals surface area contributed by atoms with Crippen molar-refractivity contribution < 1.29 is 24.9 Å². The smallest absolute Gasteiger partial charge is 0.320 e. The third kappa shape index (κ3) is 2.52. The molecule has 0 amide bonds. The van der Waals surface area contributed by atoms with Crippen LogP contribution in [0.4, 0.5) is 0 Å². The molecule has 0 heterocycles. The molecule has 0 rings (SSSR count). The van der Waals surface area contributed by atoms with Crippen LogP contribution in [0.5, 0.6) is 0 Å². The Labute approximate surface area is 62.2 Å². The van der Waals surface area contributed by atoms with Crippen LogP contribution in [0.1, 0.15) is 0 Å². The third-order valence-electron chi connectivity index (χ3n) is 1.16. The molecule has 0 fully saturated rings. The minimum Gasteiger partial charge on any atom is -0.481 e. The number of aliphatic carboxylic acids is 2. The number of carboxylic acid groups (broad SMARTS) is 2. The van der Waals surface area contributed by atoms with Crippen molar-refractivity contribution in [2.24, 2.45) is 11.7 Å². The van der Waals surface area contributed by atoms with E-state index < -0.39 is 24.0 Å². The van der Waals surface area contributed by atoms with Crippen LogP contribution in [-0.4, -0.2) is 39.9 Å². The summed E-state index contributed by atoms with van der Waals surface area (Å²) < 4.78 is 0. The quantitative estimate of drug-likeness (QED) is 0.359. The summed E-state index contributed by atoms with van der Waals surface area (Å²) in [4.78, 5) is 20.3. The van der Waals surface area contributed by atoms with Crippen LogP contribution >= 0.6 is 0 Å². The predicted octanol–water partition coefficient (Wildman–Crippen LogP) is -1.91. The molecule has 11 heavy (non-hydrogen) atoms. The first-order valence-electron chi connectivity index (χ1n) is 2.84. The maximum absolute atomic E-state index is 10.1. The summed E-state index contributed by atoms with van der Waals surface area (Å²) in [5.74, 6) is -5.01. The van der Waals surface area contributed by atoms with Gasteiger partial charge in [-0.1, -0.05) is 0 Å². The molecule has 1 unspecified atom stereocenters. The first-order chi connectivity index (χ1) is 5.00. The Balaban J connectivity index is 4.34. The molecule has 0 spiro atoms. The molecule has 5 N–H and O–H groups in total. The summed E-state index contributed by atoms with van der Waals surface area (Å²) in [6, 6.07) is 0. The van der Waals surface area contributed by atoms with E-state index >= 15 is 0 Å². The van der Waals surface area contributed by atoms with E-state index in [4.69, 9.17) is 21.1 Å². The number of nitrogens with two attached hydrogens (primary N) is 1. The Morgan fingerprint density at radius 1 is 1.27 bits per heavy atom. The van der Waals surface area contributed by atoms with Gasteiger partial charge < -0.3 is 21.1 Å². The van der Waals surface area contributed by atoms with E-state index in [9.17, 15) is 9.59 Å². The predicted molar refractivity (Wildman–Crippen MR) is 33.8 cm³/mol. The lowest BCUT2D eigenvalue weighted by Crippen LogP contribution is -2.39. The molecule has 0 bridgehead atoms.